The van der Waals surface area contributed by atoms with Crippen molar-refractivity contribution in [2.75, 3.05) is 4.90 Å². The Morgan fingerprint density at radius 2 is 1.14 bits per heavy atom. The fourth-order valence-electron chi connectivity index (χ4n) is 5.64. The molecule has 0 saturated heterocycles. The molecule has 0 bridgehead atoms. The minimum Gasteiger partial charge on any atom is -0.314 e. The predicted molar refractivity (Wildman–Crippen MR) is 181 cm³/mol. The van der Waals surface area contributed by atoms with Gasteiger partial charge in [-0.1, -0.05) is 140 Å². The molecule has 0 unspecified atom stereocenters. The van der Waals surface area contributed by atoms with Gasteiger partial charge >= 0.3 is 0 Å². The Kier molecular flexibility index (Phi) is 7.46. The zero-order chi connectivity index (χ0) is 29.7. The van der Waals surface area contributed by atoms with Crippen molar-refractivity contribution in [2.24, 2.45) is 0 Å². The summed E-state index contributed by atoms with van der Waals surface area (Å²) in [6.45, 7) is 4.20. The molecule has 7 rings (SSSR count). The van der Waals surface area contributed by atoms with Crippen LogP contribution in [0.3, 0.4) is 0 Å². The van der Waals surface area contributed by atoms with Gasteiger partial charge in [-0.05, 0) is 41.0 Å². The highest BCUT2D eigenvalue weighted by atomic mass is 15.2. The number of rotatable bonds is 7. The Morgan fingerprint density at radius 1 is 0.591 bits per heavy atom. The van der Waals surface area contributed by atoms with Crippen molar-refractivity contribution in [3.63, 3.8) is 0 Å². The highest BCUT2D eigenvalue weighted by Gasteiger charge is 2.24. The standard InChI is InChI=1S/C40H30N4/c1-2-29(26-27-34-28-32-20-12-15-25-37(32)44(34)33-21-10-5-11-22-33)35-23-13-14-24-36(35)40-42-38(30-16-6-3-7-17-30)41-39(43-40)31-18-8-4-9-19-31/h2-27H,1,28H2/b29-26+,34-27+. The molecule has 0 radical (unpaired) electrons. The first-order valence-corrected chi connectivity index (χ1v) is 14.7. The highest BCUT2D eigenvalue weighted by molar-refractivity contribution is 5.85. The van der Waals surface area contributed by atoms with Crippen LogP contribution in [0.15, 0.2) is 170 Å². The Labute approximate surface area is 258 Å². The van der Waals surface area contributed by atoms with Gasteiger partial charge in [-0.25, -0.2) is 15.0 Å². The minimum atomic E-state index is 0.618. The van der Waals surface area contributed by atoms with Gasteiger partial charge in [-0.15, -0.1) is 0 Å². The second-order valence-corrected chi connectivity index (χ2v) is 10.5. The van der Waals surface area contributed by atoms with Crippen molar-refractivity contribution in [3.8, 4) is 34.2 Å². The monoisotopic (exact) mass is 566 g/mol. The molecule has 0 atom stereocenters. The van der Waals surface area contributed by atoms with Crippen molar-refractivity contribution >= 4 is 16.9 Å². The average molecular weight is 567 g/mol. The number of anilines is 2. The number of nitrogens with zero attached hydrogens (tertiary/aromatic N) is 4. The van der Waals surface area contributed by atoms with Gasteiger partial charge in [0.15, 0.2) is 17.5 Å². The van der Waals surface area contributed by atoms with Crippen molar-refractivity contribution in [1.29, 1.82) is 0 Å². The first-order valence-electron chi connectivity index (χ1n) is 14.7. The molecule has 0 spiro atoms. The number of hydrogen-bond donors (Lipinski definition) is 0. The van der Waals surface area contributed by atoms with E-state index in [-0.39, 0.29) is 0 Å². The van der Waals surface area contributed by atoms with E-state index in [2.05, 4.69) is 90.4 Å². The molecule has 210 valence electrons. The molecule has 4 heteroatoms. The summed E-state index contributed by atoms with van der Waals surface area (Å²) in [5, 5.41) is 0. The van der Waals surface area contributed by atoms with Crippen LogP contribution in [0.4, 0.5) is 11.4 Å². The van der Waals surface area contributed by atoms with Crippen molar-refractivity contribution < 1.29 is 0 Å². The zero-order valence-corrected chi connectivity index (χ0v) is 24.2. The molecule has 0 aliphatic carbocycles. The topological polar surface area (TPSA) is 41.9 Å². The van der Waals surface area contributed by atoms with Gasteiger partial charge in [0.2, 0.25) is 0 Å². The van der Waals surface area contributed by atoms with Crippen LogP contribution >= 0.6 is 0 Å². The molecule has 1 aliphatic heterocycles. The minimum absolute atomic E-state index is 0.618. The van der Waals surface area contributed by atoms with Crippen molar-refractivity contribution in [1.82, 2.24) is 15.0 Å². The van der Waals surface area contributed by atoms with Crippen LogP contribution in [-0.4, -0.2) is 15.0 Å². The van der Waals surface area contributed by atoms with E-state index in [0.29, 0.717) is 17.5 Å². The van der Waals surface area contributed by atoms with Gasteiger partial charge in [0.1, 0.15) is 0 Å². The van der Waals surface area contributed by atoms with E-state index in [1.165, 1.54) is 16.9 Å². The van der Waals surface area contributed by atoms with Crippen LogP contribution in [0.1, 0.15) is 11.1 Å². The lowest BCUT2D eigenvalue weighted by Gasteiger charge is -2.21. The summed E-state index contributed by atoms with van der Waals surface area (Å²) in [5.41, 5.74) is 9.66. The second-order valence-electron chi connectivity index (χ2n) is 10.5. The molecule has 6 aromatic rings. The third kappa shape index (κ3) is 5.37. The number of fused-ring (bicyclic) bond motifs is 1. The van der Waals surface area contributed by atoms with E-state index in [1.54, 1.807) is 0 Å². The zero-order valence-electron chi connectivity index (χ0n) is 24.2. The van der Waals surface area contributed by atoms with E-state index in [1.807, 2.05) is 78.9 Å². The smallest absolute Gasteiger partial charge is 0.164 e. The first kappa shape index (κ1) is 27.0. The summed E-state index contributed by atoms with van der Waals surface area (Å²) in [7, 11) is 0. The average Bonchev–Trinajstić information content (AvgIpc) is 3.48. The molecule has 0 N–H and O–H groups in total. The highest BCUT2D eigenvalue weighted by Crippen LogP contribution is 2.40. The summed E-state index contributed by atoms with van der Waals surface area (Å²) >= 11 is 0. The summed E-state index contributed by atoms with van der Waals surface area (Å²) < 4.78 is 0. The molecule has 5 aromatic carbocycles. The molecule has 1 aromatic heterocycles. The van der Waals surface area contributed by atoms with Gasteiger partial charge in [-0.2, -0.15) is 0 Å². The number of benzene rings is 5. The lowest BCUT2D eigenvalue weighted by Crippen LogP contribution is -2.11. The first-order chi connectivity index (χ1) is 21.8. The number of aromatic nitrogens is 3. The number of allylic oxidation sites excluding steroid dienone is 5. The van der Waals surface area contributed by atoms with E-state index < -0.39 is 0 Å². The van der Waals surface area contributed by atoms with Crippen LogP contribution in [0, 0.1) is 0 Å². The fraction of sp³-hybridized carbons (Fsp3) is 0.0250. The molecule has 44 heavy (non-hydrogen) atoms. The Hall–Kier alpha value is -5.87. The van der Waals surface area contributed by atoms with Crippen LogP contribution in [0.25, 0.3) is 39.7 Å². The molecule has 0 amide bonds. The predicted octanol–water partition coefficient (Wildman–Crippen LogP) is 9.72. The van der Waals surface area contributed by atoms with Crippen LogP contribution in [0.5, 0.6) is 0 Å². The second kappa shape index (κ2) is 12.2. The van der Waals surface area contributed by atoms with Gasteiger partial charge in [-0.3, -0.25) is 0 Å². The molecule has 0 fully saturated rings. The Bertz CT molecular complexity index is 1940. The van der Waals surface area contributed by atoms with Gasteiger partial charge in [0.05, 0.1) is 0 Å². The SMILES string of the molecule is C=C/C(=C\C=C1/Cc2ccccc2N1c1ccccc1)c1ccccc1-c1nc(-c2ccccc2)nc(-c2ccccc2)n1. The van der Waals surface area contributed by atoms with Gasteiger partial charge in [0, 0.05) is 40.2 Å². The quantitative estimate of drug-likeness (QED) is 0.180. The molecule has 1 aliphatic rings. The van der Waals surface area contributed by atoms with Gasteiger partial charge < -0.3 is 4.90 Å². The van der Waals surface area contributed by atoms with Gasteiger partial charge in [0.25, 0.3) is 0 Å². The molecule has 0 saturated carbocycles. The third-order valence-corrected chi connectivity index (χ3v) is 7.76. The Morgan fingerprint density at radius 3 is 1.80 bits per heavy atom. The summed E-state index contributed by atoms with van der Waals surface area (Å²) in [4.78, 5) is 17.2. The summed E-state index contributed by atoms with van der Waals surface area (Å²) in [6, 6.07) is 47.5. The third-order valence-electron chi connectivity index (χ3n) is 7.76. The fourth-order valence-corrected chi connectivity index (χ4v) is 5.64. The van der Waals surface area contributed by atoms with E-state index >= 15 is 0 Å². The lowest BCUT2D eigenvalue weighted by atomic mass is 9.98. The Balaban J connectivity index is 1.34. The molecular formula is C40H30N4. The lowest BCUT2D eigenvalue weighted by molar-refractivity contribution is 1.07. The maximum atomic E-state index is 4.99. The maximum Gasteiger partial charge on any atom is 0.164 e. The van der Waals surface area contributed by atoms with Crippen LogP contribution in [-0.2, 0) is 6.42 Å². The van der Waals surface area contributed by atoms with E-state index in [4.69, 9.17) is 15.0 Å². The molecule has 4 nitrogen and oxygen atoms in total. The summed E-state index contributed by atoms with van der Waals surface area (Å²) in [5.74, 6) is 1.89. The normalized spacial score (nSPS) is 13.6. The molecule has 2 heterocycles. The number of hydrogen-bond acceptors (Lipinski definition) is 4. The van der Waals surface area contributed by atoms with E-state index in [0.717, 1.165) is 39.9 Å². The van der Waals surface area contributed by atoms with Crippen LogP contribution < -0.4 is 4.90 Å². The molecular weight excluding hydrogens is 536 g/mol. The maximum absolute atomic E-state index is 4.99. The van der Waals surface area contributed by atoms with Crippen LogP contribution in [0.2, 0.25) is 0 Å². The number of para-hydroxylation sites is 2. The largest absolute Gasteiger partial charge is 0.314 e. The summed E-state index contributed by atoms with van der Waals surface area (Å²) in [6.07, 6.45) is 7.11. The van der Waals surface area contributed by atoms with Crippen molar-refractivity contribution in [2.45, 2.75) is 6.42 Å². The van der Waals surface area contributed by atoms with E-state index in [9.17, 15) is 0 Å². The van der Waals surface area contributed by atoms with Crippen molar-refractivity contribution in [3.05, 3.63) is 181 Å².